The van der Waals surface area contributed by atoms with Crippen LogP contribution in [0.4, 0.5) is 16.3 Å². The molecular weight excluding hydrogens is 410 g/mol. The lowest BCUT2D eigenvalue weighted by molar-refractivity contribution is 0.262. The molecule has 168 valence electrons. The summed E-state index contributed by atoms with van der Waals surface area (Å²) in [5, 5.41) is 10.7. The molecule has 0 aliphatic carbocycles. The molecule has 0 unspecified atom stereocenters. The van der Waals surface area contributed by atoms with Crippen LogP contribution in [0.25, 0.3) is 5.69 Å². The summed E-state index contributed by atoms with van der Waals surface area (Å²) in [5.41, 5.74) is 5.86. The number of amides is 2. The van der Waals surface area contributed by atoms with E-state index in [-0.39, 0.29) is 11.4 Å². The van der Waals surface area contributed by atoms with Gasteiger partial charge in [-0.1, -0.05) is 51.1 Å². The molecule has 33 heavy (non-hydrogen) atoms. The normalized spacial score (nSPS) is 11.3. The van der Waals surface area contributed by atoms with E-state index in [9.17, 15) is 4.79 Å². The fourth-order valence-corrected chi connectivity index (χ4v) is 3.54. The summed E-state index contributed by atoms with van der Waals surface area (Å²) in [5.74, 6) is 0.626. The van der Waals surface area contributed by atoms with Crippen molar-refractivity contribution in [2.75, 3.05) is 10.6 Å². The van der Waals surface area contributed by atoms with E-state index >= 15 is 0 Å². The first kappa shape index (κ1) is 22.3. The molecule has 2 N–H and O–H groups in total. The third-order valence-electron chi connectivity index (χ3n) is 5.43. The summed E-state index contributed by atoms with van der Waals surface area (Å²) in [7, 11) is 0. The number of pyridine rings is 1. The van der Waals surface area contributed by atoms with Crippen molar-refractivity contribution in [3.63, 3.8) is 0 Å². The molecule has 0 fully saturated rings. The van der Waals surface area contributed by atoms with Gasteiger partial charge in [0.15, 0.2) is 0 Å². The third kappa shape index (κ3) is 5.47. The Balaban J connectivity index is 1.50. The standard InChI is InChI=1S/C27H29N5O/c1-19-7-5-6-8-23(19)32-25(18-24(31-32)27(2,3)4)30-26(33)29-22-11-9-20(10-12-22)17-21-13-15-28-16-14-21/h5-16,18H,17H2,1-4H3,(H2,29,30,33). The first-order valence-electron chi connectivity index (χ1n) is 11.0. The van der Waals surface area contributed by atoms with Crippen LogP contribution in [0.1, 0.15) is 43.2 Å². The highest BCUT2D eigenvalue weighted by atomic mass is 16.2. The maximum Gasteiger partial charge on any atom is 0.324 e. The molecule has 0 aliphatic rings. The quantitative estimate of drug-likeness (QED) is 0.394. The van der Waals surface area contributed by atoms with Gasteiger partial charge >= 0.3 is 6.03 Å². The van der Waals surface area contributed by atoms with E-state index in [0.29, 0.717) is 5.82 Å². The highest BCUT2D eigenvalue weighted by molar-refractivity contribution is 5.99. The topological polar surface area (TPSA) is 71.8 Å². The second kappa shape index (κ2) is 9.28. The Morgan fingerprint density at radius 3 is 2.24 bits per heavy atom. The summed E-state index contributed by atoms with van der Waals surface area (Å²) in [6, 6.07) is 21.5. The molecule has 2 amide bonds. The van der Waals surface area contributed by atoms with E-state index in [1.54, 1.807) is 17.1 Å². The van der Waals surface area contributed by atoms with Gasteiger partial charge in [-0.15, -0.1) is 0 Å². The van der Waals surface area contributed by atoms with Crippen molar-refractivity contribution in [2.24, 2.45) is 0 Å². The number of hydrogen-bond donors (Lipinski definition) is 2. The maximum atomic E-state index is 12.8. The predicted molar refractivity (Wildman–Crippen MR) is 133 cm³/mol. The Kier molecular flexibility index (Phi) is 6.27. The number of para-hydroxylation sites is 1. The number of benzene rings is 2. The van der Waals surface area contributed by atoms with Gasteiger partial charge in [0.25, 0.3) is 0 Å². The summed E-state index contributed by atoms with van der Waals surface area (Å²) in [4.78, 5) is 16.9. The number of urea groups is 1. The third-order valence-corrected chi connectivity index (χ3v) is 5.43. The van der Waals surface area contributed by atoms with E-state index in [4.69, 9.17) is 5.10 Å². The number of aryl methyl sites for hydroxylation is 1. The maximum absolute atomic E-state index is 12.8. The van der Waals surface area contributed by atoms with Gasteiger partial charge in [-0.25, -0.2) is 9.48 Å². The molecule has 0 atom stereocenters. The van der Waals surface area contributed by atoms with Gasteiger partial charge in [0.1, 0.15) is 5.82 Å². The van der Waals surface area contributed by atoms with Crippen LogP contribution >= 0.6 is 0 Å². The predicted octanol–water partition coefficient (Wildman–Crippen LogP) is 6.11. The van der Waals surface area contributed by atoms with Crippen molar-refractivity contribution in [1.29, 1.82) is 0 Å². The molecule has 6 heteroatoms. The van der Waals surface area contributed by atoms with Gasteiger partial charge in [-0.3, -0.25) is 10.3 Å². The van der Waals surface area contributed by atoms with Crippen LogP contribution in [-0.4, -0.2) is 20.8 Å². The van der Waals surface area contributed by atoms with Crippen molar-refractivity contribution in [3.8, 4) is 5.69 Å². The average molecular weight is 440 g/mol. The van der Waals surface area contributed by atoms with E-state index in [0.717, 1.165) is 29.1 Å². The van der Waals surface area contributed by atoms with Crippen LogP contribution in [-0.2, 0) is 11.8 Å². The van der Waals surface area contributed by atoms with Gasteiger partial charge in [-0.2, -0.15) is 5.10 Å². The zero-order chi connectivity index (χ0) is 23.4. The number of carbonyl (C=O) groups is 1. The van der Waals surface area contributed by atoms with E-state index < -0.39 is 0 Å². The second-order valence-corrected chi connectivity index (χ2v) is 9.17. The van der Waals surface area contributed by atoms with E-state index in [2.05, 4.69) is 36.4 Å². The zero-order valence-electron chi connectivity index (χ0n) is 19.5. The number of hydrogen-bond acceptors (Lipinski definition) is 3. The fourth-order valence-electron chi connectivity index (χ4n) is 3.54. The number of aromatic nitrogens is 3. The summed E-state index contributed by atoms with van der Waals surface area (Å²) in [6.45, 7) is 8.35. The number of rotatable bonds is 5. The summed E-state index contributed by atoms with van der Waals surface area (Å²) >= 11 is 0. The van der Waals surface area contributed by atoms with Crippen molar-refractivity contribution in [1.82, 2.24) is 14.8 Å². The van der Waals surface area contributed by atoms with Crippen LogP contribution in [0, 0.1) is 6.92 Å². The van der Waals surface area contributed by atoms with E-state index in [1.165, 1.54) is 11.1 Å². The molecule has 0 radical (unpaired) electrons. The van der Waals surface area contributed by atoms with Crippen LogP contribution < -0.4 is 10.6 Å². The molecule has 4 rings (SSSR count). The molecule has 2 aromatic carbocycles. The van der Waals surface area contributed by atoms with Gasteiger partial charge in [0.2, 0.25) is 0 Å². The summed E-state index contributed by atoms with van der Waals surface area (Å²) in [6.07, 6.45) is 4.41. The smallest absolute Gasteiger partial charge is 0.308 e. The Hall–Kier alpha value is -3.93. The first-order chi connectivity index (χ1) is 15.8. The van der Waals surface area contributed by atoms with Gasteiger partial charge in [0, 0.05) is 29.6 Å². The number of nitrogens with one attached hydrogen (secondary N) is 2. The Bertz CT molecular complexity index is 1240. The molecule has 4 aromatic rings. The number of nitrogens with zero attached hydrogens (tertiary/aromatic N) is 3. The van der Waals surface area contributed by atoms with Crippen LogP contribution in [0.5, 0.6) is 0 Å². The van der Waals surface area contributed by atoms with Crippen molar-refractivity contribution >= 4 is 17.5 Å². The van der Waals surface area contributed by atoms with E-state index in [1.807, 2.05) is 73.7 Å². The molecule has 0 saturated heterocycles. The van der Waals surface area contributed by atoms with Gasteiger partial charge in [-0.05, 0) is 60.4 Å². The van der Waals surface area contributed by atoms with Gasteiger partial charge in [0.05, 0.1) is 11.4 Å². The highest BCUT2D eigenvalue weighted by Crippen LogP contribution is 2.27. The number of anilines is 2. The molecular formula is C27H29N5O. The molecule has 0 bridgehead atoms. The Morgan fingerprint density at radius 1 is 0.909 bits per heavy atom. The molecule has 2 aromatic heterocycles. The largest absolute Gasteiger partial charge is 0.324 e. The summed E-state index contributed by atoms with van der Waals surface area (Å²) < 4.78 is 1.80. The van der Waals surface area contributed by atoms with Crippen molar-refractivity contribution in [2.45, 2.75) is 39.5 Å². The lowest BCUT2D eigenvalue weighted by Gasteiger charge is -2.14. The SMILES string of the molecule is Cc1ccccc1-n1nc(C(C)(C)C)cc1NC(=O)Nc1ccc(Cc2ccncc2)cc1. The average Bonchev–Trinajstić information content (AvgIpc) is 3.20. The van der Waals surface area contributed by atoms with Crippen molar-refractivity contribution in [3.05, 3.63) is 102 Å². The zero-order valence-corrected chi connectivity index (χ0v) is 19.5. The molecule has 0 spiro atoms. The monoisotopic (exact) mass is 439 g/mol. The molecule has 6 nitrogen and oxygen atoms in total. The molecule has 0 aliphatic heterocycles. The van der Waals surface area contributed by atoms with Gasteiger partial charge < -0.3 is 5.32 Å². The second-order valence-electron chi connectivity index (χ2n) is 9.17. The van der Waals surface area contributed by atoms with Crippen molar-refractivity contribution < 1.29 is 4.79 Å². The number of carbonyl (C=O) groups excluding carboxylic acids is 1. The lowest BCUT2D eigenvalue weighted by atomic mass is 9.92. The minimum Gasteiger partial charge on any atom is -0.308 e. The Morgan fingerprint density at radius 2 is 1.58 bits per heavy atom. The fraction of sp³-hybridized carbons (Fsp3) is 0.222. The minimum atomic E-state index is -0.313. The van der Waals surface area contributed by atoms with Crippen LogP contribution in [0.15, 0.2) is 79.1 Å². The van der Waals surface area contributed by atoms with Crippen LogP contribution in [0.3, 0.4) is 0 Å². The minimum absolute atomic E-state index is 0.147. The van der Waals surface area contributed by atoms with Crippen LogP contribution in [0.2, 0.25) is 0 Å². The molecule has 2 heterocycles. The molecule has 0 saturated carbocycles. The highest BCUT2D eigenvalue weighted by Gasteiger charge is 2.22. The first-order valence-corrected chi connectivity index (χ1v) is 11.0. The lowest BCUT2D eigenvalue weighted by Crippen LogP contribution is -2.21. The Labute approximate surface area is 194 Å².